The van der Waals surface area contributed by atoms with Crippen molar-refractivity contribution in [3.63, 3.8) is 0 Å². The first-order chi connectivity index (χ1) is 8.62. The third kappa shape index (κ3) is 3.43. The molecule has 4 nitrogen and oxygen atoms in total. The molecule has 0 rings (SSSR count). The molecule has 0 bridgehead atoms. The Morgan fingerprint density at radius 2 is 0.833 bits per heavy atom. The van der Waals surface area contributed by atoms with Gasteiger partial charge in [0.2, 0.25) is 0 Å². The quantitative estimate of drug-likeness (QED) is 0.620. The van der Waals surface area contributed by atoms with E-state index in [-0.39, 0.29) is 0 Å². The summed E-state index contributed by atoms with van der Waals surface area (Å²) < 4.78 is 7.94. The molecule has 0 amide bonds. The van der Waals surface area contributed by atoms with Gasteiger partial charge in [0.1, 0.15) is 0 Å². The molecule has 0 unspecified atom stereocenters. The van der Waals surface area contributed by atoms with Crippen LogP contribution in [0.3, 0.4) is 0 Å². The van der Waals surface area contributed by atoms with Crippen molar-refractivity contribution >= 4 is 7.87 Å². The van der Waals surface area contributed by atoms with Crippen LogP contribution < -0.4 is 5.09 Å². The van der Waals surface area contributed by atoms with Gasteiger partial charge in [-0.2, -0.15) is 0 Å². The van der Waals surface area contributed by atoms with Crippen molar-refractivity contribution in [3.05, 3.63) is 0 Å². The molecule has 0 atom stereocenters. The number of nitrogens with zero attached hydrogens (tertiary/aromatic N) is 3. The van der Waals surface area contributed by atoms with Gasteiger partial charge in [0, 0.05) is 0 Å². The maximum absolute atomic E-state index is 3.74. The Bertz CT molecular complexity index is 170. The monoisotopic (exact) mass is 278 g/mol. The molecule has 1 N–H and O–H groups in total. The van der Waals surface area contributed by atoms with E-state index in [1.165, 1.54) is 0 Å². The van der Waals surface area contributed by atoms with Gasteiger partial charge in [0.15, 0.2) is 0 Å². The second kappa shape index (κ2) is 9.22. The SMILES string of the molecule is CCN(CC)[PH](NC)(N(CC)CC)N(CC)CC. The molecule has 0 saturated carbocycles. The van der Waals surface area contributed by atoms with Crippen LogP contribution in [-0.4, -0.2) is 60.3 Å². The molecule has 0 aliphatic rings. The van der Waals surface area contributed by atoms with Crippen LogP contribution >= 0.6 is 7.87 Å². The van der Waals surface area contributed by atoms with Crippen molar-refractivity contribution in [1.29, 1.82) is 0 Å². The molecule has 0 spiro atoms. The van der Waals surface area contributed by atoms with Crippen molar-refractivity contribution in [1.82, 2.24) is 19.1 Å². The Hall–Kier alpha value is 0.270. The van der Waals surface area contributed by atoms with Crippen molar-refractivity contribution in [3.8, 4) is 0 Å². The average Bonchev–Trinajstić information content (AvgIpc) is 2.41. The van der Waals surface area contributed by atoms with Crippen LogP contribution in [0.4, 0.5) is 0 Å². The topological polar surface area (TPSA) is 21.8 Å². The van der Waals surface area contributed by atoms with E-state index >= 15 is 0 Å². The van der Waals surface area contributed by atoms with Crippen molar-refractivity contribution in [2.45, 2.75) is 41.5 Å². The molecule has 5 heteroatoms. The number of hydrogen-bond acceptors (Lipinski definition) is 4. The fraction of sp³-hybridized carbons (Fsp3) is 1.00. The summed E-state index contributed by atoms with van der Waals surface area (Å²) in [4.78, 5) is 0. The molecule has 0 aliphatic heterocycles. The van der Waals surface area contributed by atoms with E-state index in [0.29, 0.717) is 0 Å². The summed E-state index contributed by atoms with van der Waals surface area (Å²) in [6.07, 6.45) is 0. The van der Waals surface area contributed by atoms with Gasteiger partial charge in [-0.3, -0.25) is 0 Å². The Labute approximate surface area is 115 Å². The number of rotatable bonds is 10. The van der Waals surface area contributed by atoms with Crippen LogP contribution in [-0.2, 0) is 0 Å². The summed E-state index contributed by atoms with van der Waals surface area (Å²) in [5, 5.41) is 3.74. The molecule has 0 aromatic heterocycles. The Balaban J connectivity index is 5.55. The van der Waals surface area contributed by atoms with Crippen molar-refractivity contribution in [2.75, 3.05) is 46.3 Å². The predicted molar refractivity (Wildman–Crippen MR) is 86.1 cm³/mol. The molecule has 0 saturated heterocycles. The average molecular weight is 278 g/mol. The zero-order chi connectivity index (χ0) is 14.2. The molecule has 0 heterocycles. The van der Waals surface area contributed by atoms with Gasteiger partial charge in [-0.15, -0.1) is 0 Å². The molecular formula is C13H35N4P. The number of hydrogen-bond donors (Lipinski definition) is 1. The minimum absolute atomic E-state index is 1.11. The predicted octanol–water partition coefficient (Wildman–Crippen LogP) is 2.64. The van der Waals surface area contributed by atoms with E-state index in [9.17, 15) is 0 Å². The first-order valence-electron chi connectivity index (χ1n) is 7.56. The molecule has 0 aliphatic carbocycles. The minimum atomic E-state index is -1.91. The molecule has 0 aromatic rings. The van der Waals surface area contributed by atoms with Gasteiger partial charge in [0.25, 0.3) is 0 Å². The van der Waals surface area contributed by atoms with E-state index in [2.05, 4.69) is 67.7 Å². The Kier molecular flexibility index (Phi) is 9.36. The first-order valence-corrected chi connectivity index (χ1v) is 9.40. The standard InChI is InChI=1S/C13H35N4P/c1-8-15(9-2)18(14-7,16(10-3)11-4)17(12-5)13-6/h14,18H,8-13H2,1-7H3. The van der Waals surface area contributed by atoms with E-state index in [1.807, 2.05) is 0 Å². The van der Waals surface area contributed by atoms with Gasteiger partial charge in [-0.05, 0) is 0 Å². The van der Waals surface area contributed by atoms with E-state index in [4.69, 9.17) is 0 Å². The summed E-state index contributed by atoms with van der Waals surface area (Å²) in [5.41, 5.74) is 0. The van der Waals surface area contributed by atoms with Crippen molar-refractivity contribution < 1.29 is 0 Å². The normalized spacial score (nSPS) is 13.9. The molecule has 0 radical (unpaired) electrons. The molecule has 0 fully saturated rings. The molecule has 18 heavy (non-hydrogen) atoms. The van der Waals surface area contributed by atoms with Gasteiger partial charge >= 0.3 is 115 Å². The van der Waals surface area contributed by atoms with E-state index in [1.54, 1.807) is 0 Å². The number of nitrogens with one attached hydrogen (secondary N) is 1. The van der Waals surface area contributed by atoms with Gasteiger partial charge < -0.3 is 0 Å². The maximum atomic E-state index is 3.74. The van der Waals surface area contributed by atoms with Gasteiger partial charge in [0.05, 0.1) is 0 Å². The summed E-state index contributed by atoms with van der Waals surface area (Å²) in [6.45, 7) is 20.3. The van der Waals surface area contributed by atoms with E-state index in [0.717, 1.165) is 39.3 Å². The van der Waals surface area contributed by atoms with Crippen LogP contribution in [0.15, 0.2) is 0 Å². The zero-order valence-corrected chi connectivity index (χ0v) is 14.6. The van der Waals surface area contributed by atoms with Crippen LogP contribution in [0.25, 0.3) is 0 Å². The van der Waals surface area contributed by atoms with Crippen LogP contribution in [0.1, 0.15) is 41.5 Å². The van der Waals surface area contributed by atoms with Crippen LogP contribution in [0.2, 0.25) is 0 Å². The van der Waals surface area contributed by atoms with Crippen LogP contribution in [0.5, 0.6) is 0 Å². The summed E-state index contributed by atoms with van der Waals surface area (Å²) in [6, 6.07) is 0. The summed E-state index contributed by atoms with van der Waals surface area (Å²) in [7, 11) is 0.232. The fourth-order valence-corrected chi connectivity index (χ4v) is 7.86. The van der Waals surface area contributed by atoms with Gasteiger partial charge in [-0.25, -0.2) is 0 Å². The van der Waals surface area contributed by atoms with E-state index < -0.39 is 7.87 Å². The summed E-state index contributed by atoms with van der Waals surface area (Å²) >= 11 is 0. The van der Waals surface area contributed by atoms with Crippen molar-refractivity contribution in [2.24, 2.45) is 0 Å². The molecule has 0 aromatic carbocycles. The van der Waals surface area contributed by atoms with Crippen LogP contribution in [0, 0.1) is 0 Å². The zero-order valence-electron chi connectivity index (χ0n) is 13.6. The van der Waals surface area contributed by atoms with Gasteiger partial charge in [-0.1, -0.05) is 0 Å². The fourth-order valence-electron chi connectivity index (χ4n) is 3.07. The molecule has 112 valence electrons. The Morgan fingerprint density at radius 3 is 0.944 bits per heavy atom. The third-order valence-corrected chi connectivity index (χ3v) is 9.16. The molecular weight excluding hydrogens is 243 g/mol. The first kappa shape index (κ1) is 18.3. The second-order valence-corrected chi connectivity index (χ2v) is 8.07. The second-order valence-electron chi connectivity index (χ2n) is 4.40. The third-order valence-electron chi connectivity index (χ3n) is 3.95. The Morgan fingerprint density at radius 1 is 0.611 bits per heavy atom. The summed E-state index contributed by atoms with van der Waals surface area (Å²) in [5.74, 6) is 0.